The Morgan fingerprint density at radius 2 is 1.20 bits per heavy atom. The number of rotatable bonds is 0. The first-order valence-corrected chi connectivity index (χ1v) is 15.8. The first-order valence-electron chi connectivity index (χ1n) is 15.8. The van der Waals surface area contributed by atoms with Crippen molar-refractivity contribution in [2.75, 3.05) is 22.1 Å². The van der Waals surface area contributed by atoms with Crippen molar-refractivity contribution in [3.8, 4) is 0 Å². The molecule has 2 saturated carbocycles. The minimum Gasteiger partial charge on any atom is -0.399 e. The number of hydrogen-bond donors (Lipinski definition) is 8. The van der Waals surface area contributed by atoms with Crippen LogP contribution >= 0.6 is 0 Å². The summed E-state index contributed by atoms with van der Waals surface area (Å²) in [6.45, 7) is 0. The highest BCUT2D eigenvalue weighted by atomic mass is 15.2. The number of aliphatic imine (C=N–C) groups is 2. The minimum absolute atomic E-state index is 0.127. The van der Waals surface area contributed by atoms with E-state index < -0.39 is 0 Å². The molecule has 9 rings (SSSR count). The number of aromatic nitrogens is 2. The van der Waals surface area contributed by atoms with Crippen molar-refractivity contribution in [1.29, 1.82) is 0 Å². The fraction of sp³-hybridized carbons (Fsp3) is 0.438. The second-order valence-corrected chi connectivity index (χ2v) is 13.4. The molecule has 8 bridgehead atoms. The van der Waals surface area contributed by atoms with E-state index in [1.807, 2.05) is 30.3 Å². The lowest BCUT2D eigenvalue weighted by atomic mass is 9.77. The molecule has 0 radical (unpaired) electrons. The SMILES string of the molecule is Nc1ccc2c3[nH]c(c2c1)NC1N=C(N=c2[nH]c(c4cc(N)ccc24)=NC2=NC(N3)C3CC(N)CCC23)C2CC(N)CCC12. The summed E-state index contributed by atoms with van der Waals surface area (Å²) in [4.78, 5) is 28.1. The van der Waals surface area contributed by atoms with E-state index >= 15 is 0 Å². The standard InChI is InChI=1S/C32H38N12/c33-13-1-5-17-21(9-13)29-37-25(17)41-30-22-10-14(34)2-6-18(22)27(38-30)43-32-24-12-16(36)4-8-20(24)28(40-32)44-31-23-11-15(35)3-7-19(23)26(39-31)42-29/h1,4-5,8-9,12,14-15,18-19,22-23,26,30,37,41-42H,2-3,6-7,10-11,33-36H2,(H,38,39,40,43,44). The number of nitrogens with one attached hydrogen (secondary N) is 4. The lowest BCUT2D eigenvalue weighted by Gasteiger charge is -2.32. The van der Waals surface area contributed by atoms with E-state index in [2.05, 4.69) is 26.7 Å². The van der Waals surface area contributed by atoms with Crippen molar-refractivity contribution in [2.24, 2.45) is 55.1 Å². The van der Waals surface area contributed by atoms with E-state index in [4.69, 9.17) is 42.9 Å². The Labute approximate surface area is 253 Å². The van der Waals surface area contributed by atoms with E-state index in [0.29, 0.717) is 11.4 Å². The van der Waals surface area contributed by atoms with Crippen LogP contribution in [-0.4, -0.2) is 46.1 Å². The van der Waals surface area contributed by atoms with Gasteiger partial charge in [0.2, 0.25) is 0 Å². The molecule has 0 amide bonds. The van der Waals surface area contributed by atoms with Crippen molar-refractivity contribution >= 4 is 56.2 Å². The number of aromatic amines is 2. The van der Waals surface area contributed by atoms with Gasteiger partial charge < -0.3 is 43.5 Å². The van der Waals surface area contributed by atoms with Crippen LogP contribution in [-0.2, 0) is 0 Å². The lowest BCUT2D eigenvalue weighted by Crippen LogP contribution is -2.39. The van der Waals surface area contributed by atoms with Crippen molar-refractivity contribution in [2.45, 2.75) is 62.9 Å². The molecule has 2 fully saturated rings. The Hall–Kier alpha value is -4.42. The highest BCUT2D eigenvalue weighted by Gasteiger charge is 2.44. The summed E-state index contributed by atoms with van der Waals surface area (Å²) in [6, 6.07) is 12.2. The van der Waals surface area contributed by atoms with E-state index in [9.17, 15) is 0 Å². The fourth-order valence-electron chi connectivity index (χ4n) is 8.37. The third kappa shape index (κ3) is 4.04. The molecule has 5 heterocycles. The average molecular weight is 591 g/mol. The monoisotopic (exact) mass is 590 g/mol. The molecule has 8 unspecified atom stereocenters. The van der Waals surface area contributed by atoms with Crippen LogP contribution in [0.1, 0.15) is 38.5 Å². The molecule has 2 aromatic carbocycles. The van der Waals surface area contributed by atoms with Gasteiger partial charge in [-0.1, -0.05) is 0 Å². The Morgan fingerprint density at radius 1 is 0.591 bits per heavy atom. The summed E-state index contributed by atoms with van der Waals surface area (Å²) in [6.07, 6.45) is 5.23. The Balaban J connectivity index is 1.29. The maximum atomic E-state index is 6.52. The number of nitrogens with two attached hydrogens (primary N) is 4. The van der Waals surface area contributed by atoms with Crippen LogP contribution < -0.4 is 44.5 Å². The van der Waals surface area contributed by atoms with Crippen molar-refractivity contribution in [1.82, 2.24) is 9.97 Å². The van der Waals surface area contributed by atoms with Gasteiger partial charge >= 0.3 is 0 Å². The smallest absolute Gasteiger partial charge is 0.141 e. The third-order valence-electron chi connectivity index (χ3n) is 10.6. The minimum atomic E-state index is -0.180. The van der Waals surface area contributed by atoms with Gasteiger partial charge in [0.1, 0.15) is 46.6 Å². The number of benzene rings is 2. The molecule has 8 atom stereocenters. The number of fused-ring (bicyclic) bond motifs is 18. The van der Waals surface area contributed by atoms with E-state index in [1.54, 1.807) is 0 Å². The zero-order chi connectivity index (χ0) is 29.7. The van der Waals surface area contributed by atoms with Crippen LogP contribution in [0.5, 0.6) is 0 Å². The molecule has 12 N–H and O–H groups in total. The molecule has 12 heteroatoms. The molecular weight excluding hydrogens is 552 g/mol. The molecule has 12 nitrogen and oxygen atoms in total. The van der Waals surface area contributed by atoms with Gasteiger partial charge in [0, 0.05) is 68.7 Å². The van der Waals surface area contributed by atoms with Crippen LogP contribution in [0.25, 0.3) is 21.5 Å². The van der Waals surface area contributed by atoms with Gasteiger partial charge in [0.05, 0.1) is 0 Å². The number of H-pyrrole nitrogens is 2. The molecule has 226 valence electrons. The highest BCUT2D eigenvalue weighted by molar-refractivity contribution is 6.03. The maximum Gasteiger partial charge on any atom is 0.141 e. The normalized spacial score (nSPS) is 32.5. The van der Waals surface area contributed by atoms with Gasteiger partial charge in [-0.2, -0.15) is 0 Å². The topological polar surface area (TPSA) is 209 Å². The van der Waals surface area contributed by atoms with E-state index in [1.165, 1.54) is 0 Å². The molecule has 2 aromatic heterocycles. The van der Waals surface area contributed by atoms with Crippen LogP contribution in [0, 0.1) is 23.7 Å². The van der Waals surface area contributed by atoms with Crippen LogP contribution in [0.2, 0.25) is 0 Å². The second-order valence-electron chi connectivity index (χ2n) is 13.4. The lowest BCUT2D eigenvalue weighted by molar-refractivity contribution is 0.265. The quantitative estimate of drug-likeness (QED) is 0.144. The summed E-state index contributed by atoms with van der Waals surface area (Å²) >= 11 is 0. The molecule has 0 spiro atoms. The van der Waals surface area contributed by atoms with Gasteiger partial charge in [-0.3, -0.25) is 0 Å². The third-order valence-corrected chi connectivity index (χ3v) is 10.6. The largest absolute Gasteiger partial charge is 0.399 e. The number of amidine groups is 2. The Kier molecular flexibility index (Phi) is 5.64. The first kappa shape index (κ1) is 26.0. The average Bonchev–Trinajstić information content (AvgIpc) is 3.71. The van der Waals surface area contributed by atoms with Gasteiger partial charge in [-0.15, -0.1) is 0 Å². The van der Waals surface area contributed by atoms with Crippen molar-refractivity contribution in [3.05, 3.63) is 47.4 Å². The van der Waals surface area contributed by atoms with Gasteiger partial charge in [0.25, 0.3) is 0 Å². The van der Waals surface area contributed by atoms with Crippen LogP contribution in [0.15, 0.2) is 56.4 Å². The Morgan fingerprint density at radius 3 is 2.00 bits per heavy atom. The molecule has 4 aromatic rings. The number of hydrogen-bond acceptors (Lipinski definition) is 10. The van der Waals surface area contributed by atoms with Crippen LogP contribution in [0.3, 0.4) is 0 Å². The molecule has 44 heavy (non-hydrogen) atoms. The van der Waals surface area contributed by atoms with Gasteiger partial charge in [-0.05, 0) is 74.9 Å². The van der Waals surface area contributed by atoms with Crippen molar-refractivity contribution in [3.63, 3.8) is 0 Å². The number of nitrogens with zero attached hydrogens (tertiary/aromatic N) is 4. The van der Waals surface area contributed by atoms with Crippen LogP contribution in [0.4, 0.5) is 23.0 Å². The van der Waals surface area contributed by atoms with E-state index in [0.717, 1.165) is 94.4 Å². The molecule has 0 saturated heterocycles. The maximum absolute atomic E-state index is 6.52. The summed E-state index contributed by atoms with van der Waals surface area (Å²) in [5, 5.41) is 11.5. The summed E-state index contributed by atoms with van der Waals surface area (Å²) < 4.78 is 0. The first-order chi connectivity index (χ1) is 21.4. The second kappa shape index (κ2) is 9.54. The zero-order valence-corrected chi connectivity index (χ0v) is 24.4. The molecule has 3 aliphatic heterocycles. The van der Waals surface area contributed by atoms with E-state index in [-0.39, 0.29) is 48.1 Å². The predicted octanol–water partition coefficient (Wildman–Crippen LogP) is 2.55. The van der Waals surface area contributed by atoms with Gasteiger partial charge in [-0.25, -0.2) is 20.0 Å². The molecule has 5 aliphatic rings. The predicted molar refractivity (Wildman–Crippen MR) is 175 cm³/mol. The fourth-order valence-corrected chi connectivity index (χ4v) is 8.37. The molecular formula is C32H38N12. The summed E-state index contributed by atoms with van der Waals surface area (Å²) in [5.74, 6) is 4.27. The summed E-state index contributed by atoms with van der Waals surface area (Å²) in [5.41, 5.74) is 28.4. The Bertz CT molecular complexity index is 2000. The molecule has 2 aliphatic carbocycles. The van der Waals surface area contributed by atoms with Crippen molar-refractivity contribution < 1.29 is 0 Å². The van der Waals surface area contributed by atoms with Gasteiger partial charge in [0.15, 0.2) is 0 Å². The zero-order valence-electron chi connectivity index (χ0n) is 24.4. The summed E-state index contributed by atoms with van der Waals surface area (Å²) in [7, 11) is 0. The highest BCUT2D eigenvalue weighted by Crippen LogP contribution is 2.43. The number of anilines is 4. The number of nitrogen functional groups attached to an aromatic ring is 2.